The minimum atomic E-state index is -0.420. The third-order valence-corrected chi connectivity index (χ3v) is 48.3. The van der Waals surface area contributed by atoms with E-state index in [-0.39, 0.29) is 28.2 Å². The molecule has 0 unspecified atom stereocenters. The molecule has 0 bridgehead atoms. The van der Waals surface area contributed by atoms with Gasteiger partial charge < -0.3 is 28.2 Å². The molecule has 0 atom stereocenters. The average Bonchev–Trinajstić information content (AvgIpc) is 3.25. The SMILES string of the molecule is CC[P+](CC)(CC)CC.CC[P+](CC)(CC)CC.CC[P+](CC)(CC)CC.CC[P+](CC)(CC)CC.CC[P+](CC)(CC)CC.CC[P+](CC)(CC)CC.[F-].[F-].[F-].[F-].[F-].[F-]. The fourth-order valence-corrected chi connectivity index (χ4v) is 24.1. The molecule has 384 valence electrons. The molecular formula is C48H120F6P6. The van der Waals surface area contributed by atoms with E-state index >= 15 is 0 Å². The first-order valence-corrected chi connectivity index (χ1v) is 39.7. The number of rotatable bonds is 24. The molecule has 0 rings (SSSR count). The second-order valence-corrected chi connectivity index (χ2v) is 46.9. The van der Waals surface area contributed by atoms with Gasteiger partial charge in [-0.15, -0.1) is 0 Å². The predicted octanol–water partition coefficient (Wildman–Crippen LogP) is 0.526. The van der Waals surface area contributed by atoms with Crippen LogP contribution in [0.1, 0.15) is 166 Å². The fourth-order valence-electron chi connectivity index (χ4n) is 8.05. The van der Waals surface area contributed by atoms with Crippen molar-refractivity contribution in [3.8, 4) is 0 Å². The summed E-state index contributed by atoms with van der Waals surface area (Å²) in [5.41, 5.74) is 0. The van der Waals surface area contributed by atoms with Gasteiger partial charge in [-0.05, 0) is 166 Å². The lowest BCUT2D eigenvalue weighted by Gasteiger charge is -2.20. The topological polar surface area (TPSA) is 0 Å². The van der Waals surface area contributed by atoms with E-state index in [1.807, 2.05) is 0 Å². The van der Waals surface area contributed by atoms with E-state index in [2.05, 4.69) is 166 Å². The molecule has 12 heteroatoms. The van der Waals surface area contributed by atoms with Gasteiger partial charge in [0.15, 0.2) is 0 Å². The van der Waals surface area contributed by atoms with E-state index in [4.69, 9.17) is 0 Å². The quantitative estimate of drug-likeness (QED) is 0.0980. The van der Waals surface area contributed by atoms with Gasteiger partial charge in [-0.1, -0.05) is 0 Å². The van der Waals surface area contributed by atoms with Gasteiger partial charge in [-0.2, -0.15) is 0 Å². The highest BCUT2D eigenvalue weighted by Gasteiger charge is 2.31. The lowest BCUT2D eigenvalue weighted by Crippen LogP contribution is -3.00. The summed E-state index contributed by atoms with van der Waals surface area (Å²) in [7, 11) is -2.52. The van der Waals surface area contributed by atoms with Gasteiger partial charge >= 0.3 is 0 Å². The van der Waals surface area contributed by atoms with Crippen molar-refractivity contribution >= 4 is 43.6 Å². The zero-order chi connectivity index (χ0) is 44.0. The van der Waals surface area contributed by atoms with Crippen molar-refractivity contribution in [2.45, 2.75) is 166 Å². The normalized spacial score (nSPS) is 10.8. The van der Waals surface area contributed by atoms with Gasteiger partial charge in [0.1, 0.15) is 0 Å². The average molecular weight is 997 g/mol. The molecule has 0 aromatic rings. The largest absolute Gasteiger partial charge is 1.00 e. The lowest BCUT2D eigenvalue weighted by molar-refractivity contribution is -0.00100. The highest BCUT2D eigenvalue weighted by Crippen LogP contribution is 2.60. The van der Waals surface area contributed by atoms with Gasteiger partial charge in [0.2, 0.25) is 0 Å². The van der Waals surface area contributed by atoms with Crippen LogP contribution in [-0.2, 0) is 0 Å². The third kappa shape index (κ3) is 38.3. The molecule has 0 saturated carbocycles. The molecule has 0 nitrogen and oxygen atoms in total. The Hall–Kier alpha value is 2.16. The zero-order valence-electron chi connectivity index (χ0n) is 45.9. The van der Waals surface area contributed by atoms with E-state index in [9.17, 15) is 0 Å². The van der Waals surface area contributed by atoms with E-state index in [1.165, 1.54) is 148 Å². The summed E-state index contributed by atoms with van der Waals surface area (Å²) in [5.74, 6) is 0. The smallest absolute Gasteiger partial charge is 0.0565 e. The molecule has 0 aromatic heterocycles. The van der Waals surface area contributed by atoms with Crippen molar-refractivity contribution in [1.29, 1.82) is 0 Å². The molecule has 0 N–H and O–H groups in total. The maximum atomic E-state index is 2.35. The van der Waals surface area contributed by atoms with Crippen LogP contribution in [0.25, 0.3) is 0 Å². The first kappa shape index (κ1) is 92.4. The Morgan fingerprint density at radius 1 is 0.117 bits per heavy atom. The summed E-state index contributed by atoms with van der Waals surface area (Å²) >= 11 is 0. The summed E-state index contributed by atoms with van der Waals surface area (Å²) < 4.78 is 0. The van der Waals surface area contributed by atoms with Crippen LogP contribution in [0.15, 0.2) is 0 Å². The monoisotopic (exact) mass is 997 g/mol. The van der Waals surface area contributed by atoms with Crippen LogP contribution >= 0.6 is 43.6 Å². The van der Waals surface area contributed by atoms with Crippen LogP contribution < -0.4 is 28.2 Å². The second-order valence-electron chi connectivity index (χ2n) is 15.6. The predicted molar refractivity (Wildman–Crippen MR) is 295 cm³/mol. The minimum Gasteiger partial charge on any atom is -1.00 e. The van der Waals surface area contributed by atoms with E-state index < -0.39 is 43.6 Å². The van der Waals surface area contributed by atoms with Crippen LogP contribution in [0.5, 0.6) is 0 Å². The molecule has 60 heavy (non-hydrogen) atoms. The minimum absolute atomic E-state index is 0. The highest BCUT2D eigenvalue weighted by atomic mass is 31.2. The van der Waals surface area contributed by atoms with Gasteiger partial charge in [0.05, 0.1) is 148 Å². The van der Waals surface area contributed by atoms with E-state index in [0.29, 0.717) is 0 Å². The molecule has 0 saturated heterocycles. The van der Waals surface area contributed by atoms with Gasteiger partial charge in [-0.25, -0.2) is 0 Å². The van der Waals surface area contributed by atoms with Gasteiger partial charge in [0, 0.05) is 43.6 Å². The van der Waals surface area contributed by atoms with Crippen molar-refractivity contribution in [3.63, 3.8) is 0 Å². The maximum Gasteiger partial charge on any atom is 0.0565 e. The van der Waals surface area contributed by atoms with Crippen molar-refractivity contribution in [1.82, 2.24) is 0 Å². The van der Waals surface area contributed by atoms with Crippen molar-refractivity contribution in [3.05, 3.63) is 0 Å². The third-order valence-electron chi connectivity index (χ3n) is 16.1. The molecular weight excluding hydrogens is 876 g/mol. The summed E-state index contributed by atoms with van der Waals surface area (Å²) in [5, 5.41) is 0. The standard InChI is InChI=1S/6C8H20P.6FH/c6*1-5-9(6-2,7-3)8-4;;;;;;/h6*5-8H2,1-4H3;6*1H/q6*+1;;;;;;/p-6. The van der Waals surface area contributed by atoms with Crippen LogP contribution in [0.3, 0.4) is 0 Å². The van der Waals surface area contributed by atoms with Crippen molar-refractivity contribution in [2.24, 2.45) is 0 Å². The molecule has 0 aliphatic heterocycles. The fraction of sp³-hybridized carbons (Fsp3) is 1.00. The maximum absolute atomic E-state index is 2.35. The van der Waals surface area contributed by atoms with Crippen LogP contribution in [0.4, 0.5) is 0 Å². The van der Waals surface area contributed by atoms with Crippen LogP contribution in [0, 0.1) is 0 Å². The highest BCUT2D eigenvalue weighted by molar-refractivity contribution is 7.77. The summed E-state index contributed by atoms with van der Waals surface area (Å²) in [6, 6.07) is 0. The zero-order valence-corrected chi connectivity index (χ0v) is 51.3. The second kappa shape index (κ2) is 57.3. The lowest BCUT2D eigenvalue weighted by atomic mass is 10.9. The molecule has 0 spiro atoms. The Kier molecular flexibility index (Phi) is 88.2. The summed E-state index contributed by atoms with van der Waals surface area (Å²) in [4.78, 5) is 0. The number of hydrogen-bond donors (Lipinski definition) is 0. The number of hydrogen-bond acceptors (Lipinski definition) is 0. The first-order chi connectivity index (χ1) is 25.5. The molecule has 0 fully saturated rings. The summed E-state index contributed by atoms with van der Waals surface area (Å²) in [6.45, 7) is 56.4. The Bertz CT molecular complexity index is 468. The Morgan fingerprint density at radius 2 is 0.150 bits per heavy atom. The molecule has 0 aromatic carbocycles. The Labute approximate surface area is 384 Å². The van der Waals surface area contributed by atoms with Gasteiger partial charge in [0.25, 0.3) is 0 Å². The van der Waals surface area contributed by atoms with E-state index in [1.54, 1.807) is 0 Å². The first-order valence-electron chi connectivity index (χ1n) is 24.6. The molecule has 0 aliphatic carbocycles. The molecule has 0 amide bonds. The van der Waals surface area contributed by atoms with E-state index in [0.717, 1.165) is 0 Å². The molecule has 0 radical (unpaired) electrons. The van der Waals surface area contributed by atoms with Crippen LogP contribution in [0.2, 0.25) is 0 Å². The van der Waals surface area contributed by atoms with Crippen molar-refractivity contribution in [2.75, 3.05) is 148 Å². The van der Waals surface area contributed by atoms with Gasteiger partial charge in [-0.3, -0.25) is 0 Å². The molecule has 0 aliphatic rings. The summed E-state index contributed by atoms with van der Waals surface area (Å²) in [6.07, 6.45) is 34.9. The van der Waals surface area contributed by atoms with Crippen LogP contribution in [-0.4, -0.2) is 148 Å². The van der Waals surface area contributed by atoms with Crippen molar-refractivity contribution < 1.29 is 28.2 Å². The Morgan fingerprint density at radius 3 is 0.150 bits per heavy atom. The molecule has 0 heterocycles. The Balaban J connectivity index is -0.0000000452. The number of halogens is 6.